The Hall–Kier alpha value is -3.17. The first-order valence-electron chi connectivity index (χ1n) is 11.3. The van der Waals surface area contributed by atoms with Crippen molar-refractivity contribution >= 4 is 33.7 Å². The lowest BCUT2D eigenvalue weighted by molar-refractivity contribution is -0.137. The van der Waals surface area contributed by atoms with Crippen molar-refractivity contribution in [1.29, 1.82) is 0 Å². The van der Waals surface area contributed by atoms with Crippen LogP contribution in [0.4, 0.5) is 5.69 Å². The zero-order valence-corrected chi connectivity index (χ0v) is 20.2. The Bertz CT molecular complexity index is 1100. The fourth-order valence-corrected chi connectivity index (χ4v) is 5.13. The number of carbonyl (C=O) groups excluding carboxylic acids is 2. The zero-order valence-electron chi connectivity index (χ0n) is 19.4. The maximum Gasteiger partial charge on any atom is 0.330 e. The van der Waals surface area contributed by atoms with E-state index in [2.05, 4.69) is 5.32 Å². The first-order chi connectivity index (χ1) is 16.3. The van der Waals surface area contributed by atoms with Gasteiger partial charge in [0.2, 0.25) is 15.9 Å². The quantitative estimate of drug-likeness (QED) is 0.428. The molecule has 1 aliphatic heterocycles. The monoisotopic (exact) mass is 486 g/mol. The summed E-state index contributed by atoms with van der Waals surface area (Å²) in [6, 6.07) is 13.5. The van der Waals surface area contributed by atoms with Gasteiger partial charge in [0, 0.05) is 30.8 Å². The van der Waals surface area contributed by atoms with Crippen LogP contribution in [-0.2, 0) is 24.3 Å². The number of ether oxygens (including phenoxy) is 2. The summed E-state index contributed by atoms with van der Waals surface area (Å²) in [6.45, 7) is 5.01. The Kier molecular flexibility index (Phi) is 8.84. The molecule has 0 radical (unpaired) electrons. The average Bonchev–Trinajstić information content (AvgIpc) is 2.84. The molecular formula is C25H30N2O6S. The molecule has 34 heavy (non-hydrogen) atoms. The summed E-state index contributed by atoms with van der Waals surface area (Å²) < 4.78 is 37.5. The van der Waals surface area contributed by atoms with Gasteiger partial charge in [0.05, 0.1) is 18.1 Å². The van der Waals surface area contributed by atoms with Crippen molar-refractivity contribution in [3.05, 3.63) is 60.2 Å². The van der Waals surface area contributed by atoms with Crippen molar-refractivity contribution in [3.8, 4) is 5.75 Å². The minimum Gasteiger partial charge on any atom is -0.494 e. The molecule has 182 valence electrons. The van der Waals surface area contributed by atoms with Crippen LogP contribution in [0.25, 0.3) is 6.08 Å². The number of sulfonamides is 1. The Balaban J connectivity index is 1.52. The maximum atomic E-state index is 12.9. The summed E-state index contributed by atoms with van der Waals surface area (Å²) in [6.07, 6.45) is 3.89. The molecular weight excluding hydrogens is 456 g/mol. The highest BCUT2D eigenvalue weighted by atomic mass is 32.2. The number of esters is 1. The van der Waals surface area contributed by atoms with Gasteiger partial charge in [-0.25, -0.2) is 13.2 Å². The van der Waals surface area contributed by atoms with E-state index in [1.807, 2.05) is 6.92 Å². The lowest BCUT2D eigenvalue weighted by Crippen LogP contribution is -2.41. The third kappa shape index (κ3) is 6.68. The third-order valence-corrected chi connectivity index (χ3v) is 7.39. The lowest BCUT2D eigenvalue weighted by atomic mass is 9.97. The van der Waals surface area contributed by atoms with Gasteiger partial charge in [0.15, 0.2) is 0 Å². The minimum atomic E-state index is -3.62. The maximum absolute atomic E-state index is 12.9. The van der Waals surface area contributed by atoms with Gasteiger partial charge in [-0.15, -0.1) is 0 Å². The fraction of sp³-hybridized carbons (Fsp3) is 0.360. The topological polar surface area (TPSA) is 102 Å². The van der Waals surface area contributed by atoms with Crippen LogP contribution in [0.15, 0.2) is 59.5 Å². The molecule has 0 aromatic heterocycles. The molecule has 9 heteroatoms. The molecule has 3 rings (SSSR count). The Morgan fingerprint density at radius 1 is 1.00 bits per heavy atom. The van der Waals surface area contributed by atoms with Crippen molar-refractivity contribution in [2.45, 2.75) is 31.6 Å². The molecule has 2 aromatic rings. The van der Waals surface area contributed by atoms with Crippen molar-refractivity contribution < 1.29 is 27.5 Å². The summed E-state index contributed by atoms with van der Waals surface area (Å²) in [7, 11) is -3.62. The van der Waals surface area contributed by atoms with Crippen LogP contribution in [0, 0.1) is 5.92 Å². The lowest BCUT2D eigenvalue weighted by Gasteiger charge is -2.30. The van der Waals surface area contributed by atoms with Gasteiger partial charge in [0.25, 0.3) is 0 Å². The summed E-state index contributed by atoms with van der Waals surface area (Å²) in [5, 5.41) is 2.89. The Morgan fingerprint density at radius 2 is 1.65 bits per heavy atom. The molecule has 0 bridgehead atoms. The van der Waals surface area contributed by atoms with E-state index in [0.717, 1.165) is 5.56 Å². The summed E-state index contributed by atoms with van der Waals surface area (Å²) in [4.78, 5) is 24.3. The number of nitrogens with one attached hydrogen (secondary N) is 1. The second-order valence-corrected chi connectivity index (χ2v) is 9.72. The molecule has 0 spiro atoms. The summed E-state index contributed by atoms with van der Waals surface area (Å²) in [5.41, 5.74) is 1.45. The molecule has 1 heterocycles. The van der Waals surface area contributed by atoms with Gasteiger partial charge >= 0.3 is 5.97 Å². The standard InChI is InChI=1S/C25H30N2O6S/c1-3-32-22-10-12-23(13-11-22)34(30,31)27-17-15-20(16-18-27)25(29)26-21-8-5-19(6-9-21)7-14-24(28)33-4-2/h5-14,20H,3-4,15-18H2,1-2H3,(H,26,29)/b14-7+. The Morgan fingerprint density at radius 3 is 2.24 bits per heavy atom. The van der Waals surface area contributed by atoms with E-state index in [9.17, 15) is 18.0 Å². The number of hydrogen-bond acceptors (Lipinski definition) is 6. The largest absolute Gasteiger partial charge is 0.494 e. The second kappa shape index (κ2) is 11.8. The van der Waals surface area contributed by atoms with Crippen molar-refractivity contribution in [3.63, 3.8) is 0 Å². The first-order valence-corrected chi connectivity index (χ1v) is 12.8. The van der Waals surface area contributed by atoms with Crippen molar-refractivity contribution in [2.75, 3.05) is 31.6 Å². The predicted molar refractivity (Wildman–Crippen MR) is 130 cm³/mol. The van der Waals surface area contributed by atoms with Crippen LogP contribution < -0.4 is 10.1 Å². The number of amides is 1. The van der Waals surface area contributed by atoms with Gasteiger partial charge in [0.1, 0.15) is 5.75 Å². The molecule has 1 fully saturated rings. The van der Waals surface area contributed by atoms with Gasteiger partial charge < -0.3 is 14.8 Å². The summed E-state index contributed by atoms with van der Waals surface area (Å²) in [5.74, 6) is -0.182. The molecule has 8 nitrogen and oxygen atoms in total. The average molecular weight is 487 g/mol. The SMILES string of the molecule is CCOC(=O)/C=C/c1ccc(NC(=O)C2CCN(S(=O)(=O)c3ccc(OCC)cc3)CC2)cc1. The summed E-state index contributed by atoms with van der Waals surface area (Å²) >= 11 is 0. The normalized spacial score (nSPS) is 15.2. The van der Waals surface area contributed by atoms with Crippen LogP contribution in [0.2, 0.25) is 0 Å². The predicted octanol–water partition coefficient (Wildman–Crippen LogP) is 3.70. The van der Waals surface area contributed by atoms with E-state index in [0.29, 0.717) is 37.5 Å². The molecule has 1 N–H and O–H groups in total. The van der Waals surface area contributed by atoms with E-state index in [1.165, 1.54) is 10.4 Å². The molecule has 2 aromatic carbocycles. The van der Waals surface area contributed by atoms with Crippen LogP contribution in [0.1, 0.15) is 32.3 Å². The van der Waals surface area contributed by atoms with Crippen LogP contribution >= 0.6 is 0 Å². The van der Waals surface area contributed by atoms with E-state index >= 15 is 0 Å². The molecule has 0 aliphatic carbocycles. The number of carbonyl (C=O) groups is 2. The molecule has 0 unspecified atom stereocenters. The highest BCUT2D eigenvalue weighted by Crippen LogP contribution is 2.26. The smallest absolute Gasteiger partial charge is 0.330 e. The molecule has 1 aliphatic rings. The van der Waals surface area contributed by atoms with Crippen LogP contribution in [0.5, 0.6) is 5.75 Å². The van der Waals surface area contributed by atoms with Gasteiger partial charge in [-0.05, 0) is 74.7 Å². The van der Waals surface area contributed by atoms with E-state index in [4.69, 9.17) is 9.47 Å². The van der Waals surface area contributed by atoms with Gasteiger partial charge in [-0.1, -0.05) is 12.1 Å². The number of nitrogens with zero attached hydrogens (tertiary/aromatic N) is 1. The number of piperidine rings is 1. The van der Waals surface area contributed by atoms with E-state index in [1.54, 1.807) is 61.5 Å². The molecule has 0 atom stereocenters. The van der Waals surface area contributed by atoms with E-state index in [-0.39, 0.29) is 29.8 Å². The number of rotatable bonds is 9. The van der Waals surface area contributed by atoms with E-state index < -0.39 is 16.0 Å². The van der Waals surface area contributed by atoms with Crippen LogP contribution in [0.3, 0.4) is 0 Å². The molecule has 1 saturated heterocycles. The fourth-order valence-electron chi connectivity index (χ4n) is 3.66. The zero-order chi connectivity index (χ0) is 24.6. The molecule has 0 saturated carbocycles. The second-order valence-electron chi connectivity index (χ2n) is 7.78. The highest BCUT2D eigenvalue weighted by molar-refractivity contribution is 7.89. The minimum absolute atomic E-state index is 0.132. The Labute approximate surface area is 200 Å². The van der Waals surface area contributed by atoms with Gasteiger partial charge in [-0.2, -0.15) is 4.31 Å². The molecule has 1 amide bonds. The number of benzene rings is 2. The number of hydrogen-bond donors (Lipinski definition) is 1. The van der Waals surface area contributed by atoms with Crippen molar-refractivity contribution in [1.82, 2.24) is 4.31 Å². The van der Waals surface area contributed by atoms with Gasteiger partial charge in [-0.3, -0.25) is 4.79 Å². The third-order valence-electron chi connectivity index (χ3n) is 5.47. The first kappa shape index (κ1) is 25.5. The van der Waals surface area contributed by atoms with Crippen molar-refractivity contribution in [2.24, 2.45) is 5.92 Å². The number of anilines is 1. The van der Waals surface area contributed by atoms with Crippen LogP contribution in [-0.4, -0.2) is 50.9 Å². The highest BCUT2D eigenvalue weighted by Gasteiger charge is 2.32.